The van der Waals surface area contributed by atoms with Gasteiger partial charge in [0, 0.05) is 18.5 Å². The molecule has 0 radical (unpaired) electrons. The number of aryl methyl sites for hydroxylation is 1. The van der Waals surface area contributed by atoms with E-state index < -0.39 is 0 Å². The number of nitrogens with one attached hydrogen (secondary N) is 1. The van der Waals surface area contributed by atoms with Crippen molar-refractivity contribution in [2.75, 3.05) is 7.05 Å². The SMILES string of the molecule is CNCc1ccc(Sc2nncn2C)c(Cl)c1. The number of aromatic nitrogens is 3. The molecule has 1 aromatic heterocycles. The van der Waals surface area contributed by atoms with Crippen LogP contribution in [-0.2, 0) is 13.6 Å². The summed E-state index contributed by atoms with van der Waals surface area (Å²) in [4.78, 5) is 0.989. The van der Waals surface area contributed by atoms with Gasteiger partial charge in [0.1, 0.15) is 6.33 Å². The highest BCUT2D eigenvalue weighted by Crippen LogP contribution is 2.32. The van der Waals surface area contributed by atoms with Crippen LogP contribution in [0.4, 0.5) is 0 Å². The fourth-order valence-corrected chi connectivity index (χ4v) is 2.49. The van der Waals surface area contributed by atoms with Crippen LogP contribution >= 0.6 is 23.4 Å². The summed E-state index contributed by atoms with van der Waals surface area (Å²) in [6, 6.07) is 6.03. The van der Waals surface area contributed by atoms with Gasteiger partial charge >= 0.3 is 0 Å². The molecule has 0 atom stereocenters. The monoisotopic (exact) mass is 268 g/mol. The molecule has 1 aromatic carbocycles. The van der Waals surface area contributed by atoms with Crippen LogP contribution in [0.2, 0.25) is 5.02 Å². The molecular formula is C11H13ClN4S. The van der Waals surface area contributed by atoms with E-state index in [4.69, 9.17) is 11.6 Å². The van der Waals surface area contributed by atoms with Crippen molar-refractivity contribution < 1.29 is 0 Å². The molecule has 0 bridgehead atoms. The standard InChI is InChI=1S/C11H13ClN4S/c1-13-6-8-3-4-10(9(12)5-8)17-11-15-14-7-16(11)2/h3-5,7,13H,6H2,1-2H3. The Morgan fingerprint density at radius 3 is 2.88 bits per heavy atom. The van der Waals surface area contributed by atoms with Crippen LogP contribution in [0.1, 0.15) is 5.56 Å². The fraction of sp³-hybridized carbons (Fsp3) is 0.273. The summed E-state index contributed by atoms with van der Waals surface area (Å²) in [5.41, 5.74) is 1.17. The molecule has 0 aliphatic carbocycles. The lowest BCUT2D eigenvalue weighted by Crippen LogP contribution is -2.04. The zero-order chi connectivity index (χ0) is 12.3. The number of hydrogen-bond donors (Lipinski definition) is 1. The molecule has 0 aliphatic heterocycles. The first-order valence-electron chi connectivity index (χ1n) is 5.15. The minimum absolute atomic E-state index is 0.741. The van der Waals surface area contributed by atoms with Gasteiger partial charge in [-0.1, -0.05) is 17.7 Å². The second-order valence-electron chi connectivity index (χ2n) is 3.62. The maximum atomic E-state index is 6.23. The van der Waals surface area contributed by atoms with Crippen molar-refractivity contribution >= 4 is 23.4 Å². The molecule has 0 fully saturated rings. The molecule has 6 heteroatoms. The fourth-order valence-electron chi connectivity index (χ4n) is 1.40. The third-order valence-electron chi connectivity index (χ3n) is 2.25. The van der Waals surface area contributed by atoms with Crippen molar-refractivity contribution in [2.45, 2.75) is 16.6 Å². The summed E-state index contributed by atoms with van der Waals surface area (Å²) in [6.07, 6.45) is 1.67. The summed E-state index contributed by atoms with van der Waals surface area (Å²) in [5, 5.41) is 12.5. The molecule has 1 heterocycles. The van der Waals surface area contributed by atoms with E-state index in [0.29, 0.717) is 0 Å². The molecule has 0 saturated carbocycles. The van der Waals surface area contributed by atoms with Gasteiger partial charge in [0.05, 0.1) is 5.02 Å². The van der Waals surface area contributed by atoms with Crippen molar-refractivity contribution in [1.82, 2.24) is 20.1 Å². The Hall–Kier alpha value is -1.04. The molecule has 1 N–H and O–H groups in total. The number of rotatable bonds is 4. The van der Waals surface area contributed by atoms with Gasteiger partial charge in [-0.15, -0.1) is 10.2 Å². The second-order valence-corrected chi connectivity index (χ2v) is 5.04. The lowest BCUT2D eigenvalue weighted by atomic mass is 10.2. The third kappa shape index (κ3) is 3.00. The van der Waals surface area contributed by atoms with Crippen molar-refractivity contribution in [3.8, 4) is 0 Å². The Labute approximate surface area is 109 Å². The van der Waals surface area contributed by atoms with E-state index in [-0.39, 0.29) is 0 Å². The Morgan fingerprint density at radius 2 is 2.29 bits per heavy atom. The van der Waals surface area contributed by atoms with Crippen molar-refractivity contribution in [3.05, 3.63) is 35.1 Å². The molecule has 4 nitrogen and oxygen atoms in total. The average Bonchev–Trinajstić information content (AvgIpc) is 2.69. The summed E-state index contributed by atoms with van der Waals surface area (Å²) in [6.45, 7) is 0.814. The van der Waals surface area contributed by atoms with E-state index in [1.54, 1.807) is 6.33 Å². The predicted molar refractivity (Wildman–Crippen MR) is 69.3 cm³/mol. The van der Waals surface area contributed by atoms with E-state index in [1.165, 1.54) is 17.3 Å². The van der Waals surface area contributed by atoms with Gasteiger partial charge in [-0.2, -0.15) is 0 Å². The molecule has 0 unspecified atom stereocenters. The quantitative estimate of drug-likeness (QED) is 0.924. The smallest absolute Gasteiger partial charge is 0.195 e. The van der Waals surface area contributed by atoms with Crippen molar-refractivity contribution in [3.63, 3.8) is 0 Å². The number of nitrogens with zero attached hydrogens (tertiary/aromatic N) is 3. The number of benzene rings is 1. The molecule has 0 amide bonds. The highest BCUT2D eigenvalue weighted by atomic mass is 35.5. The molecule has 90 valence electrons. The van der Waals surface area contributed by atoms with Crippen LogP contribution in [0, 0.1) is 0 Å². The predicted octanol–water partition coefficient (Wildman–Crippen LogP) is 2.34. The Balaban J connectivity index is 2.19. The molecule has 2 rings (SSSR count). The Morgan fingerprint density at radius 1 is 1.47 bits per heavy atom. The maximum Gasteiger partial charge on any atom is 0.195 e. The molecular weight excluding hydrogens is 256 g/mol. The van der Waals surface area contributed by atoms with Gasteiger partial charge in [0.15, 0.2) is 5.16 Å². The first kappa shape index (κ1) is 12.4. The van der Waals surface area contributed by atoms with Crippen LogP contribution in [0.3, 0.4) is 0 Å². The number of hydrogen-bond acceptors (Lipinski definition) is 4. The minimum atomic E-state index is 0.741. The molecule has 0 spiro atoms. The minimum Gasteiger partial charge on any atom is -0.316 e. The largest absolute Gasteiger partial charge is 0.316 e. The van der Waals surface area contributed by atoms with Crippen LogP contribution < -0.4 is 5.32 Å². The number of halogens is 1. The summed E-state index contributed by atoms with van der Waals surface area (Å²) in [5.74, 6) is 0. The van der Waals surface area contributed by atoms with Crippen molar-refractivity contribution in [1.29, 1.82) is 0 Å². The lowest BCUT2D eigenvalue weighted by Gasteiger charge is -2.06. The van der Waals surface area contributed by atoms with Crippen LogP contribution in [0.15, 0.2) is 34.6 Å². The normalized spacial score (nSPS) is 10.8. The molecule has 0 saturated heterocycles. The zero-order valence-electron chi connectivity index (χ0n) is 9.64. The van der Waals surface area contributed by atoms with E-state index in [0.717, 1.165) is 21.6 Å². The van der Waals surface area contributed by atoms with Crippen LogP contribution in [0.25, 0.3) is 0 Å². The van der Waals surface area contributed by atoms with E-state index in [2.05, 4.69) is 21.6 Å². The van der Waals surface area contributed by atoms with Gasteiger partial charge < -0.3 is 9.88 Å². The van der Waals surface area contributed by atoms with Gasteiger partial charge in [-0.3, -0.25) is 0 Å². The first-order valence-corrected chi connectivity index (χ1v) is 6.35. The summed E-state index contributed by atoms with van der Waals surface area (Å²) < 4.78 is 1.86. The average molecular weight is 269 g/mol. The Bertz CT molecular complexity index is 512. The van der Waals surface area contributed by atoms with Gasteiger partial charge in [-0.05, 0) is 36.5 Å². The summed E-state index contributed by atoms with van der Waals surface area (Å²) >= 11 is 7.74. The zero-order valence-corrected chi connectivity index (χ0v) is 11.2. The highest BCUT2D eigenvalue weighted by molar-refractivity contribution is 7.99. The first-order chi connectivity index (χ1) is 8.20. The van der Waals surface area contributed by atoms with Crippen molar-refractivity contribution in [2.24, 2.45) is 7.05 Å². The second kappa shape index (κ2) is 5.53. The van der Waals surface area contributed by atoms with Crippen LogP contribution in [-0.4, -0.2) is 21.8 Å². The molecule has 2 aromatic rings. The van der Waals surface area contributed by atoms with E-state index >= 15 is 0 Å². The van der Waals surface area contributed by atoms with Gasteiger partial charge in [-0.25, -0.2) is 0 Å². The van der Waals surface area contributed by atoms with Gasteiger partial charge in [0.2, 0.25) is 0 Å². The Kier molecular flexibility index (Phi) is 4.04. The lowest BCUT2D eigenvalue weighted by molar-refractivity contribution is 0.788. The van der Waals surface area contributed by atoms with E-state index in [9.17, 15) is 0 Å². The maximum absolute atomic E-state index is 6.23. The topological polar surface area (TPSA) is 42.7 Å². The van der Waals surface area contributed by atoms with E-state index in [1.807, 2.05) is 30.8 Å². The molecule has 17 heavy (non-hydrogen) atoms. The molecule has 0 aliphatic rings. The third-order valence-corrected chi connectivity index (χ3v) is 3.80. The van der Waals surface area contributed by atoms with Crippen LogP contribution in [0.5, 0.6) is 0 Å². The van der Waals surface area contributed by atoms with Gasteiger partial charge in [0.25, 0.3) is 0 Å². The summed E-state index contributed by atoms with van der Waals surface area (Å²) in [7, 11) is 3.82. The highest BCUT2D eigenvalue weighted by Gasteiger charge is 2.07.